The molecule has 5 nitrogen and oxygen atoms in total. The average Bonchev–Trinajstić information content (AvgIpc) is 2.98. The lowest BCUT2D eigenvalue weighted by Gasteiger charge is -2.14. The number of aryl methyl sites for hydroxylation is 1. The number of thiophene rings is 1. The molecule has 4 N–H and O–H groups in total. The second-order valence-corrected chi connectivity index (χ2v) is 7.45. The zero-order valence-corrected chi connectivity index (χ0v) is 15.1. The Kier molecular flexibility index (Phi) is 5.50. The molecular formula is C19H23N3O2S. The third kappa shape index (κ3) is 4.08. The number of hydrogen-bond donors (Lipinski definition) is 3. The van der Waals surface area contributed by atoms with Gasteiger partial charge >= 0.3 is 0 Å². The minimum absolute atomic E-state index is 0.0686. The Hall–Kier alpha value is -2.18. The maximum Gasteiger partial charge on any atom is 0.251 e. The number of fused-ring (bicyclic) bond motifs is 1. The number of carbonyl (C=O) groups is 2. The fourth-order valence-corrected chi connectivity index (χ4v) is 4.50. The minimum atomic E-state index is -0.458. The van der Waals surface area contributed by atoms with Crippen LogP contribution in [0.15, 0.2) is 30.3 Å². The highest BCUT2D eigenvalue weighted by Gasteiger charge is 2.24. The van der Waals surface area contributed by atoms with Crippen molar-refractivity contribution in [3.63, 3.8) is 0 Å². The molecule has 0 spiro atoms. The second kappa shape index (κ2) is 7.80. The van der Waals surface area contributed by atoms with Crippen molar-refractivity contribution in [2.24, 2.45) is 5.73 Å². The summed E-state index contributed by atoms with van der Waals surface area (Å²) in [6, 6.07) is 10.0. The third-order valence-corrected chi connectivity index (χ3v) is 5.75. The van der Waals surface area contributed by atoms with E-state index < -0.39 is 5.91 Å². The first-order valence-electron chi connectivity index (χ1n) is 8.58. The SMILES string of the molecule is C[C@H](NCC(=O)Nc1sc2c(c1C(N)=O)CCCC2)c1ccccc1. The largest absolute Gasteiger partial charge is 0.365 e. The number of rotatable bonds is 6. The molecule has 132 valence electrons. The van der Waals surface area contributed by atoms with E-state index >= 15 is 0 Å². The molecule has 2 aromatic rings. The van der Waals surface area contributed by atoms with Crippen molar-refractivity contribution in [3.8, 4) is 0 Å². The van der Waals surface area contributed by atoms with E-state index in [1.165, 1.54) is 16.2 Å². The Morgan fingerprint density at radius 2 is 1.92 bits per heavy atom. The number of benzene rings is 1. The summed E-state index contributed by atoms with van der Waals surface area (Å²) < 4.78 is 0. The van der Waals surface area contributed by atoms with Crippen LogP contribution in [0.2, 0.25) is 0 Å². The molecule has 2 amide bonds. The van der Waals surface area contributed by atoms with Crippen LogP contribution in [0.4, 0.5) is 5.00 Å². The highest BCUT2D eigenvalue weighted by atomic mass is 32.1. The summed E-state index contributed by atoms with van der Waals surface area (Å²) in [7, 11) is 0. The molecular weight excluding hydrogens is 334 g/mol. The van der Waals surface area contributed by atoms with E-state index in [0.29, 0.717) is 10.6 Å². The van der Waals surface area contributed by atoms with Crippen LogP contribution in [-0.4, -0.2) is 18.4 Å². The van der Waals surface area contributed by atoms with Gasteiger partial charge in [-0.3, -0.25) is 9.59 Å². The Morgan fingerprint density at radius 1 is 1.20 bits per heavy atom. The van der Waals surface area contributed by atoms with Crippen LogP contribution in [0.5, 0.6) is 0 Å². The van der Waals surface area contributed by atoms with Gasteiger partial charge in [-0.05, 0) is 43.7 Å². The van der Waals surface area contributed by atoms with Crippen LogP contribution in [0.1, 0.15) is 52.2 Å². The highest BCUT2D eigenvalue weighted by molar-refractivity contribution is 7.17. The van der Waals surface area contributed by atoms with E-state index in [4.69, 9.17) is 5.73 Å². The molecule has 1 atom stereocenters. The van der Waals surface area contributed by atoms with Gasteiger partial charge in [0.25, 0.3) is 5.91 Å². The second-order valence-electron chi connectivity index (χ2n) is 6.34. The number of nitrogens with two attached hydrogens (primary N) is 1. The molecule has 0 radical (unpaired) electrons. The van der Waals surface area contributed by atoms with E-state index in [-0.39, 0.29) is 18.5 Å². The van der Waals surface area contributed by atoms with Gasteiger partial charge in [0.05, 0.1) is 12.1 Å². The molecule has 1 aromatic carbocycles. The third-order valence-electron chi connectivity index (χ3n) is 4.54. The van der Waals surface area contributed by atoms with Gasteiger partial charge in [-0.1, -0.05) is 30.3 Å². The maximum absolute atomic E-state index is 12.3. The summed E-state index contributed by atoms with van der Waals surface area (Å²) in [5.74, 6) is -0.621. The molecule has 0 unspecified atom stereocenters. The summed E-state index contributed by atoms with van der Waals surface area (Å²) in [4.78, 5) is 25.3. The van der Waals surface area contributed by atoms with E-state index in [1.807, 2.05) is 37.3 Å². The molecule has 0 saturated heterocycles. The van der Waals surface area contributed by atoms with Gasteiger partial charge in [-0.2, -0.15) is 0 Å². The predicted octanol–water partition coefficient (Wildman–Crippen LogP) is 3.02. The maximum atomic E-state index is 12.3. The van der Waals surface area contributed by atoms with Crippen LogP contribution in [0, 0.1) is 0 Å². The lowest BCUT2D eigenvalue weighted by molar-refractivity contribution is -0.115. The molecule has 1 aliphatic rings. The van der Waals surface area contributed by atoms with Crippen molar-refractivity contribution in [1.29, 1.82) is 0 Å². The Labute approximate surface area is 151 Å². The van der Waals surface area contributed by atoms with E-state index in [1.54, 1.807) is 0 Å². The smallest absolute Gasteiger partial charge is 0.251 e. The molecule has 0 saturated carbocycles. The lowest BCUT2D eigenvalue weighted by Crippen LogP contribution is -2.30. The Morgan fingerprint density at radius 3 is 2.64 bits per heavy atom. The van der Waals surface area contributed by atoms with Crippen LogP contribution < -0.4 is 16.4 Å². The van der Waals surface area contributed by atoms with Gasteiger partial charge in [0, 0.05) is 10.9 Å². The van der Waals surface area contributed by atoms with Crippen LogP contribution >= 0.6 is 11.3 Å². The normalized spacial score (nSPS) is 14.6. The van der Waals surface area contributed by atoms with E-state index in [0.717, 1.165) is 36.8 Å². The van der Waals surface area contributed by atoms with Crippen molar-refractivity contribution >= 4 is 28.2 Å². The van der Waals surface area contributed by atoms with Crippen LogP contribution in [0.3, 0.4) is 0 Å². The summed E-state index contributed by atoms with van der Waals surface area (Å²) in [5.41, 5.74) is 8.22. The monoisotopic (exact) mass is 357 g/mol. The quantitative estimate of drug-likeness (QED) is 0.743. The van der Waals surface area contributed by atoms with E-state index in [2.05, 4.69) is 10.6 Å². The predicted molar refractivity (Wildman–Crippen MR) is 101 cm³/mol. The fraction of sp³-hybridized carbons (Fsp3) is 0.368. The molecule has 6 heteroatoms. The summed E-state index contributed by atoms with van der Waals surface area (Å²) in [5, 5.41) is 6.67. The van der Waals surface area contributed by atoms with Gasteiger partial charge in [-0.15, -0.1) is 11.3 Å². The first-order chi connectivity index (χ1) is 12.1. The Balaban J connectivity index is 1.65. The van der Waals surface area contributed by atoms with Crippen LogP contribution in [0.25, 0.3) is 0 Å². The lowest BCUT2D eigenvalue weighted by atomic mass is 9.95. The average molecular weight is 357 g/mol. The molecule has 1 aromatic heterocycles. The summed E-state index contributed by atoms with van der Waals surface area (Å²) in [6.07, 6.45) is 4.01. The van der Waals surface area contributed by atoms with Gasteiger partial charge in [0.1, 0.15) is 5.00 Å². The molecule has 0 aliphatic heterocycles. The molecule has 1 heterocycles. The number of carbonyl (C=O) groups excluding carboxylic acids is 2. The zero-order valence-electron chi connectivity index (χ0n) is 14.3. The Bertz CT molecular complexity index is 770. The standard InChI is InChI=1S/C19H23N3O2S/c1-12(13-7-3-2-4-8-13)21-11-16(23)22-19-17(18(20)24)14-9-5-6-10-15(14)25-19/h2-4,7-8,12,21H,5-6,9-11H2,1H3,(H2,20,24)(H,22,23)/t12-/m0/s1. The van der Waals surface area contributed by atoms with Gasteiger partial charge in [0.2, 0.25) is 5.91 Å². The number of primary amides is 1. The first-order valence-corrected chi connectivity index (χ1v) is 9.40. The van der Waals surface area contributed by atoms with Crippen molar-refractivity contribution in [2.75, 3.05) is 11.9 Å². The van der Waals surface area contributed by atoms with Crippen molar-refractivity contribution in [1.82, 2.24) is 5.32 Å². The van der Waals surface area contributed by atoms with Crippen LogP contribution in [-0.2, 0) is 17.6 Å². The molecule has 3 rings (SSSR count). The van der Waals surface area contributed by atoms with Crippen molar-refractivity contribution < 1.29 is 9.59 Å². The van der Waals surface area contributed by atoms with Crippen molar-refractivity contribution in [3.05, 3.63) is 51.9 Å². The molecule has 0 bridgehead atoms. The molecule has 1 aliphatic carbocycles. The zero-order chi connectivity index (χ0) is 17.8. The fourth-order valence-electron chi connectivity index (χ4n) is 3.19. The molecule has 0 fully saturated rings. The number of anilines is 1. The minimum Gasteiger partial charge on any atom is -0.365 e. The number of amides is 2. The van der Waals surface area contributed by atoms with Crippen molar-refractivity contribution in [2.45, 2.75) is 38.6 Å². The van der Waals surface area contributed by atoms with Gasteiger partial charge < -0.3 is 16.4 Å². The molecule has 25 heavy (non-hydrogen) atoms. The van der Waals surface area contributed by atoms with Gasteiger partial charge in [0.15, 0.2) is 0 Å². The highest BCUT2D eigenvalue weighted by Crippen LogP contribution is 2.37. The van der Waals surface area contributed by atoms with Gasteiger partial charge in [-0.25, -0.2) is 0 Å². The van der Waals surface area contributed by atoms with E-state index in [9.17, 15) is 9.59 Å². The first kappa shape index (κ1) is 17.6. The summed E-state index contributed by atoms with van der Waals surface area (Å²) >= 11 is 1.49. The number of hydrogen-bond acceptors (Lipinski definition) is 4. The topological polar surface area (TPSA) is 84.2 Å². The number of nitrogens with one attached hydrogen (secondary N) is 2. The summed E-state index contributed by atoms with van der Waals surface area (Å²) in [6.45, 7) is 2.19.